The van der Waals surface area contributed by atoms with Crippen LogP contribution in [-0.4, -0.2) is 42.4 Å². The molecule has 2 N–H and O–H groups in total. The first-order valence-corrected chi connectivity index (χ1v) is 9.39. The van der Waals surface area contributed by atoms with Crippen molar-refractivity contribution >= 4 is 47.2 Å². The van der Waals surface area contributed by atoms with Crippen molar-refractivity contribution in [3.05, 3.63) is 21.9 Å². The summed E-state index contributed by atoms with van der Waals surface area (Å²) in [6.45, 7) is 9.25. The summed E-state index contributed by atoms with van der Waals surface area (Å²) in [6.07, 6.45) is 2.50. The molecular weight excluding hydrogens is 435 g/mol. The maximum atomic E-state index is 12.4. The highest BCUT2D eigenvalue weighted by molar-refractivity contribution is 14.0. The molecule has 0 aromatic carbocycles. The molecule has 1 unspecified atom stereocenters. The minimum absolute atomic E-state index is 0. The zero-order chi connectivity index (χ0) is 16.7. The number of hydrogen-bond acceptors (Lipinski definition) is 3. The van der Waals surface area contributed by atoms with Crippen LogP contribution < -0.4 is 10.6 Å². The molecule has 1 aromatic heterocycles. The molecule has 1 atom stereocenters. The molecule has 1 amide bonds. The molecule has 0 saturated heterocycles. The Morgan fingerprint density at radius 1 is 1.46 bits per heavy atom. The molecule has 24 heavy (non-hydrogen) atoms. The molecule has 7 heteroatoms. The quantitative estimate of drug-likeness (QED) is 0.387. The maximum absolute atomic E-state index is 12.4. The van der Waals surface area contributed by atoms with E-state index in [0.717, 1.165) is 38.4 Å². The van der Waals surface area contributed by atoms with Gasteiger partial charge in [0, 0.05) is 37.0 Å². The number of amides is 1. The van der Waals surface area contributed by atoms with Gasteiger partial charge in [0.15, 0.2) is 5.96 Å². The van der Waals surface area contributed by atoms with Crippen molar-refractivity contribution in [3.8, 4) is 0 Å². The average molecular weight is 464 g/mol. The van der Waals surface area contributed by atoms with Crippen LogP contribution in [0.25, 0.3) is 0 Å². The van der Waals surface area contributed by atoms with Gasteiger partial charge in [0.25, 0.3) is 0 Å². The number of guanidine groups is 1. The summed E-state index contributed by atoms with van der Waals surface area (Å²) in [5.74, 6) is 0.999. The highest BCUT2D eigenvalue weighted by Gasteiger charge is 2.20. The van der Waals surface area contributed by atoms with Gasteiger partial charge in [0.1, 0.15) is 0 Å². The first kappa shape index (κ1) is 21.2. The monoisotopic (exact) mass is 464 g/mol. The lowest BCUT2D eigenvalue weighted by Gasteiger charge is -2.27. The van der Waals surface area contributed by atoms with Crippen molar-refractivity contribution in [1.82, 2.24) is 15.5 Å². The third kappa shape index (κ3) is 6.23. The van der Waals surface area contributed by atoms with Crippen LogP contribution in [0.3, 0.4) is 0 Å². The van der Waals surface area contributed by atoms with Gasteiger partial charge >= 0.3 is 0 Å². The Morgan fingerprint density at radius 2 is 2.25 bits per heavy atom. The SMILES string of the molecule is CCNC(=NCCC(=O)N1CCc2sccc2C1)NC(C)CC.I. The number of carbonyl (C=O) groups is 1. The number of nitrogens with one attached hydrogen (secondary N) is 2. The van der Waals surface area contributed by atoms with Crippen molar-refractivity contribution < 1.29 is 4.79 Å². The fourth-order valence-electron chi connectivity index (χ4n) is 2.54. The van der Waals surface area contributed by atoms with Crippen LogP contribution in [0.15, 0.2) is 16.4 Å². The molecule has 0 radical (unpaired) electrons. The molecule has 5 nitrogen and oxygen atoms in total. The standard InChI is InChI=1S/C17H28N4OS.HI/c1-4-13(3)20-17(18-5-2)19-9-6-16(22)21-10-7-15-14(12-21)8-11-23-15;/h8,11,13H,4-7,9-10,12H2,1-3H3,(H2,18,19,20);1H. The van der Waals surface area contributed by atoms with Crippen LogP contribution in [0, 0.1) is 0 Å². The molecule has 1 aliphatic rings. The largest absolute Gasteiger partial charge is 0.357 e. The molecule has 136 valence electrons. The second-order valence-electron chi connectivity index (χ2n) is 5.90. The third-order valence-corrected chi connectivity index (χ3v) is 5.12. The lowest BCUT2D eigenvalue weighted by molar-refractivity contribution is -0.131. The molecule has 0 spiro atoms. The van der Waals surface area contributed by atoms with Gasteiger partial charge in [-0.25, -0.2) is 0 Å². The number of hydrogen-bond donors (Lipinski definition) is 2. The number of fused-ring (bicyclic) bond motifs is 1. The minimum Gasteiger partial charge on any atom is -0.357 e. The normalized spacial score (nSPS) is 15.3. The highest BCUT2D eigenvalue weighted by atomic mass is 127. The summed E-state index contributed by atoms with van der Waals surface area (Å²) in [5, 5.41) is 8.69. The van der Waals surface area contributed by atoms with Crippen molar-refractivity contribution in [2.24, 2.45) is 4.99 Å². The lowest BCUT2D eigenvalue weighted by Crippen LogP contribution is -2.42. The maximum Gasteiger partial charge on any atom is 0.224 e. The van der Waals surface area contributed by atoms with Gasteiger partial charge in [-0.15, -0.1) is 35.3 Å². The van der Waals surface area contributed by atoms with Crippen LogP contribution in [0.2, 0.25) is 0 Å². The number of nitrogens with zero attached hydrogens (tertiary/aromatic N) is 2. The van der Waals surface area contributed by atoms with E-state index >= 15 is 0 Å². The van der Waals surface area contributed by atoms with E-state index in [9.17, 15) is 4.79 Å². The van der Waals surface area contributed by atoms with E-state index in [1.54, 1.807) is 11.3 Å². The number of thiophene rings is 1. The van der Waals surface area contributed by atoms with E-state index in [1.807, 2.05) is 11.8 Å². The van der Waals surface area contributed by atoms with Crippen molar-refractivity contribution in [3.63, 3.8) is 0 Å². The highest BCUT2D eigenvalue weighted by Crippen LogP contribution is 2.24. The molecule has 2 rings (SSSR count). The van der Waals surface area contributed by atoms with E-state index in [-0.39, 0.29) is 29.9 Å². The molecule has 0 bridgehead atoms. The Balaban J connectivity index is 0.00000288. The molecule has 2 heterocycles. The molecule has 0 saturated carbocycles. The van der Waals surface area contributed by atoms with Crippen LogP contribution in [-0.2, 0) is 17.8 Å². The second-order valence-corrected chi connectivity index (χ2v) is 6.90. The summed E-state index contributed by atoms with van der Waals surface area (Å²) in [6, 6.07) is 2.51. The molecule has 0 aliphatic carbocycles. The number of rotatable bonds is 6. The molecule has 1 aromatic rings. The summed E-state index contributed by atoms with van der Waals surface area (Å²) in [7, 11) is 0. The van der Waals surface area contributed by atoms with E-state index in [0.29, 0.717) is 19.0 Å². The third-order valence-electron chi connectivity index (χ3n) is 4.10. The lowest BCUT2D eigenvalue weighted by atomic mass is 10.1. The Morgan fingerprint density at radius 3 is 2.96 bits per heavy atom. The van der Waals surface area contributed by atoms with E-state index in [4.69, 9.17) is 0 Å². The molecule has 1 aliphatic heterocycles. The van der Waals surface area contributed by atoms with Gasteiger partial charge in [-0.1, -0.05) is 6.92 Å². The van der Waals surface area contributed by atoms with E-state index < -0.39 is 0 Å². The second kappa shape index (κ2) is 10.9. The van der Waals surface area contributed by atoms with Crippen molar-refractivity contribution in [1.29, 1.82) is 0 Å². The van der Waals surface area contributed by atoms with Gasteiger partial charge in [-0.2, -0.15) is 0 Å². The predicted octanol–water partition coefficient (Wildman–Crippen LogP) is 2.99. The Kier molecular flexibility index (Phi) is 9.65. The first-order chi connectivity index (χ1) is 11.1. The van der Waals surface area contributed by atoms with Gasteiger partial charge in [-0.3, -0.25) is 9.79 Å². The van der Waals surface area contributed by atoms with Gasteiger partial charge in [-0.05, 0) is 43.7 Å². The molecular formula is C17H29IN4OS. The summed E-state index contributed by atoms with van der Waals surface area (Å²) in [4.78, 5) is 20.3. The summed E-state index contributed by atoms with van der Waals surface area (Å²) < 4.78 is 0. The van der Waals surface area contributed by atoms with Gasteiger partial charge in [0.05, 0.1) is 6.54 Å². The number of carbonyl (C=O) groups excluding carboxylic acids is 1. The minimum atomic E-state index is 0. The molecule has 0 fully saturated rings. The Labute approximate surface area is 166 Å². The fourth-order valence-corrected chi connectivity index (χ4v) is 3.43. The Bertz CT molecular complexity index is 546. The van der Waals surface area contributed by atoms with E-state index in [2.05, 4.69) is 40.9 Å². The van der Waals surface area contributed by atoms with E-state index in [1.165, 1.54) is 10.4 Å². The topological polar surface area (TPSA) is 56.7 Å². The fraction of sp³-hybridized carbons (Fsp3) is 0.647. The van der Waals surface area contributed by atoms with Crippen LogP contribution in [0.4, 0.5) is 0 Å². The van der Waals surface area contributed by atoms with Crippen LogP contribution >= 0.6 is 35.3 Å². The predicted molar refractivity (Wildman–Crippen MR) is 112 cm³/mol. The zero-order valence-corrected chi connectivity index (χ0v) is 17.9. The zero-order valence-electron chi connectivity index (χ0n) is 14.8. The summed E-state index contributed by atoms with van der Waals surface area (Å²) in [5.41, 5.74) is 1.31. The number of halogens is 1. The van der Waals surface area contributed by atoms with Crippen molar-refractivity contribution in [2.75, 3.05) is 19.6 Å². The van der Waals surface area contributed by atoms with Gasteiger partial charge < -0.3 is 15.5 Å². The smallest absolute Gasteiger partial charge is 0.224 e. The van der Waals surface area contributed by atoms with Crippen molar-refractivity contribution in [2.45, 2.75) is 52.6 Å². The summed E-state index contributed by atoms with van der Waals surface area (Å²) >= 11 is 1.80. The van der Waals surface area contributed by atoms with Crippen LogP contribution in [0.5, 0.6) is 0 Å². The Hall–Kier alpha value is -0.830. The van der Waals surface area contributed by atoms with Gasteiger partial charge in [0.2, 0.25) is 5.91 Å². The van der Waals surface area contributed by atoms with Crippen LogP contribution in [0.1, 0.15) is 44.1 Å². The number of aliphatic imine (C=N–C) groups is 1. The first-order valence-electron chi connectivity index (χ1n) is 8.51. The average Bonchev–Trinajstić information content (AvgIpc) is 3.02.